The molecule has 0 unspecified atom stereocenters. The summed E-state index contributed by atoms with van der Waals surface area (Å²) < 4.78 is 5.41. The number of fused-ring (bicyclic) bond motifs is 1. The smallest absolute Gasteiger partial charge is 0.251 e. The van der Waals surface area contributed by atoms with Crippen LogP contribution in [-0.4, -0.2) is 28.1 Å². The van der Waals surface area contributed by atoms with Gasteiger partial charge in [-0.3, -0.25) is 9.78 Å². The zero-order valence-electron chi connectivity index (χ0n) is 13.8. The molecule has 1 aliphatic rings. The summed E-state index contributed by atoms with van der Waals surface area (Å²) >= 11 is 0. The second-order valence-corrected chi connectivity index (χ2v) is 6.50. The monoisotopic (exact) mass is 336 g/mol. The van der Waals surface area contributed by atoms with Crippen molar-refractivity contribution in [3.63, 3.8) is 0 Å². The molecule has 2 atom stereocenters. The molecule has 1 aromatic carbocycles. The predicted octanol–water partition coefficient (Wildman–Crippen LogP) is 3.53. The largest absolute Gasteiger partial charge is 0.464 e. The number of amides is 1. The summed E-state index contributed by atoms with van der Waals surface area (Å²) in [6, 6.07) is 10.9. The van der Waals surface area contributed by atoms with Crippen molar-refractivity contribution in [2.75, 3.05) is 0 Å². The molecule has 1 fully saturated rings. The van der Waals surface area contributed by atoms with Gasteiger partial charge in [0.05, 0.1) is 24.1 Å². The van der Waals surface area contributed by atoms with E-state index in [1.54, 1.807) is 24.6 Å². The van der Waals surface area contributed by atoms with Gasteiger partial charge in [-0.1, -0.05) is 25.0 Å². The molecule has 128 valence electrons. The lowest BCUT2D eigenvalue weighted by Crippen LogP contribution is -2.45. The van der Waals surface area contributed by atoms with Crippen LogP contribution in [0.25, 0.3) is 22.2 Å². The number of carbonyl (C=O) groups excluding carboxylic acids is 1. The van der Waals surface area contributed by atoms with E-state index in [2.05, 4.69) is 10.3 Å². The van der Waals surface area contributed by atoms with Crippen molar-refractivity contribution < 1.29 is 14.3 Å². The van der Waals surface area contributed by atoms with Gasteiger partial charge in [0.25, 0.3) is 5.91 Å². The third-order valence-electron chi connectivity index (χ3n) is 4.85. The summed E-state index contributed by atoms with van der Waals surface area (Å²) in [6.45, 7) is 0. The Morgan fingerprint density at radius 2 is 1.92 bits per heavy atom. The number of aliphatic hydroxyl groups excluding tert-OH is 1. The van der Waals surface area contributed by atoms with Crippen molar-refractivity contribution in [3.05, 3.63) is 54.4 Å². The number of rotatable bonds is 3. The molecule has 2 aromatic heterocycles. The van der Waals surface area contributed by atoms with Crippen molar-refractivity contribution in [3.8, 4) is 11.3 Å². The molecule has 25 heavy (non-hydrogen) atoms. The van der Waals surface area contributed by atoms with Crippen LogP contribution in [0.4, 0.5) is 0 Å². The number of aromatic nitrogens is 1. The fraction of sp³-hybridized carbons (Fsp3) is 0.300. The van der Waals surface area contributed by atoms with E-state index in [1.807, 2.05) is 24.3 Å². The molecule has 5 nitrogen and oxygen atoms in total. The average molecular weight is 336 g/mol. The van der Waals surface area contributed by atoms with Crippen LogP contribution >= 0.6 is 0 Å². The van der Waals surface area contributed by atoms with Gasteiger partial charge in [0, 0.05) is 22.7 Å². The van der Waals surface area contributed by atoms with Crippen LogP contribution in [0.15, 0.2) is 53.3 Å². The molecule has 5 heteroatoms. The zero-order valence-corrected chi connectivity index (χ0v) is 13.8. The summed E-state index contributed by atoms with van der Waals surface area (Å²) in [7, 11) is 0. The summed E-state index contributed by atoms with van der Waals surface area (Å²) in [5.74, 6) is -0.146. The number of carbonyl (C=O) groups is 1. The van der Waals surface area contributed by atoms with Gasteiger partial charge in [-0.15, -0.1) is 0 Å². The number of nitrogens with one attached hydrogen (secondary N) is 1. The maximum atomic E-state index is 12.4. The van der Waals surface area contributed by atoms with Crippen LogP contribution in [-0.2, 0) is 0 Å². The number of benzene rings is 1. The highest BCUT2D eigenvalue weighted by atomic mass is 16.3. The zero-order chi connectivity index (χ0) is 17.2. The molecule has 4 rings (SSSR count). The van der Waals surface area contributed by atoms with Crippen LogP contribution in [0, 0.1) is 0 Å². The van der Waals surface area contributed by atoms with Crippen LogP contribution in [0.3, 0.4) is 0 Å². The number of nitrogens with zero attached hydrogens (tertiary/aromatic N) is 1. The van der Waals surface area contributed by atoms with Crippen molar-refractivity contribution in [2.24, 2.45) is 0 Å². The Hall–Kier alpha value is -2.66. The summed E-state index contributed by atoms with van der Waals surface area (Å²) in [4.78, 5) is 16.9. The number of hydrogen-bond acceptors (Lipinski definition) is 4. The van der Waals surface area contributed by atoms with Gasteiger partial charge in [-0.2, -0.15) is 0 Å². The standard InChI is InChI=1S/C20H20N2O3/c23-17-4-2-1-3-16(17)22-20(24)14-7-5-13(6-8-14)19-15-10-12-25-18(15)9-11-21-19/h5-12,16-17,23H,1-4H2,(H,22,24)/t16-,17+/m0/s1. The van der Waals surface area contributed by atoms with Gasteiger partial charge in [0.15, 0.2) is 0 Å². The first-order valence-electron chi connectivity index (χ1n) is 8.64. The third-order valence-corrected chi connectivity index (χ3v) is 4.85. The molecular weight excluding hydrogens is 316 g/mol. The molecule has 2 heterocycles. The second-order valence-electron chi connectivity index (χ2n) is 6.50. The predicted molar refractivity (Wildman–Crippen MR) is 95.2 cm³/mol. The minimum Gasteiger partial charge on any atom is -0.464 e. The molecule has 0 bridgehead atoms. The maximum Gasteiger partial charge on any atom is 0.251 e. The fourth-order valence-corrected chi connectivity index (χ4v) is 3.44. The lowest BCUT2D eigenvalue weighted by Gasteiger charge is -2.28. The third kappa shape index (κ3) is 3.15. The second kappa shape index (κ2) is 6.69. The van der Waals surface area contributed by atoms with Crippen LogP contribution in [0.5, 0.6) is 0 Å². The van der Waals surface area contributed by atoms with E-state index < -0.39 is 6.10 Å². The van der Waals surface area contributed by atoms with Crippen LogP contribution in [0.1, 0.15) is 36.0 Å². The highest BCUT2D eigenvalue weighted by molar-refractivity contribution is 5.96. The Bertz CT molecular complexity index is 885. The Labute approximate surface area is 145 Å². The average Bonchev–Trinajstić information content (AvgIpc) is 3.12. The highest BCUT2D eigenvalue weighted by Crippen LogP contribution is 2.27. The molecule has 0 spiro atoms. The van der Waals surface area contributed by atoms with E-state index in [9.17, 15) is 9.90 Å². The first-order chi connectivity index (χ1) is 12.2. The van der Waals surface area contributed by atoms with Crippen molar-refractivity contribution >= 4 is 16.9 Å². The van der Waals surface area contributed by atoms with Crippen LogP contribution in [0.2, 0.25) is 0 Å². The maximum absolute atomic E-state index is 12.4. The van der Waals surface area contributed by atoms with Crippen molar-refractivity contribution in [1.82, 2.24) is 10.3 Å². The molecule has 1 saturated carbocycles. The van der Waals surface area contributed by atoms with E-state index in [0.717, 1.165) is 47.9 Å². The molecular formula is C20H20N2O3. The Morgan fingerprint density at radius 3 is 2.72 bits per heavy atom. The first-order valence-corrected chi connectivity index (χ1v) is 8.64. The fourth-order valence-electron chi connectivity index (χ4n) is 3.44. The van der Waals surface area contributed by atoms with Gasteiger partial charge in [-0.05, 0) is 37.1 Å². The number of furan rings is 1. The number of aliphatic hydroxyl groups is 1. The Kier molecular flexibility index (Phi) is 4.24. The SMILES string of the molecule is O=C(N[C@H]1CCCC[C@H]1O)c1ccc(-c2nccc3occc23)cc1. The molecule has 0 radical (unpaired) electrons. The van der Waals surface area contributed by atoms with E-state index in [1.165, 1.54) is 0 Å². The highest BCUT2D eigenvalue weighted by Gasteiger charge is 2.24. The molecule has 1 aliphatic carbocycles. The van der Waals surface area contributed by atoms with Gasteiger partial charge >= 0.3 is 0 Å². The van der Waals surface area contributed by atoms with Crippen LogP contribution < -0.4 is 5.32 Å². The van der Waals surface area contributed by atoms with Crippen molar-refractivity contribution in [1.29, 1.82) is 0 Å². The number of pyridine rings is 1. The first kappa shape index (κ1) is 15.8. The van der Waals surface area contributed by atoms with E-state index in [0.29, 0.717) is 5.56 Å². The minimum atomic E-state index is -0.445. The summed E-state index contributed by atoms with van der Waals surface area (Å²) in [6.07, 6.45) is 6.57. The lowest BCUT2D eigenvalue weighted by atomic mass is 9.92. The Morgan fingerprint density at radius 1 is 1.12 bits per heavy atom. The normalized spacial score (nSPS) is 20.5. The summed E-state index contributed by atoms with van der Waals surface area (Å²) in [5.41, 5.74) is 3.14. The molecule has 0 aliphatic heterocycles. The minimum absolute atomic E-state index is 0.146. The number of hydrogen-bond donors (Lipinski definition) is 2. The topological polar surface area (TPSA) is 75.4 Å². The Balaban J connectivity index is 1.53. The lowest BCUT2D eigenvalue weighted by molar-refractivity contribution is 0.0717. The molecule has 1 amide bonds. The molecule has 3 aromatic rings. The molecule has 2 N–H and O–H groups in total. The molecule has 0 saturated heterocycles. The van der Waals surface area contributed by atoms with E-state index >= 15 is 0 Å². The van der Waals surface area contributed by atoms with Crippen molar-refractivity contribution in [2.45, 2.75) is 37.8 Å². The van der Waals surface area contributed by atoms with E-state index in [4.69, 9.17) is 4.42 Å². The van der Waals surface area contributed by atoms with Gasteiger partial charge in [0.2, 0.25) is 0 Å². The van der Waals surface area contributed by atoms with Gasteiger partial charge in [0.1, 0.15) is 5.58 Å². The van der Waals surface area contributed by atoms with E-state index in [-0.39, 0.29) is 11.9 Å². The quantitative estimate of drug-likeness (QED) is 0.767. The van der Waals surface area contributed by atoms with Gasteiger partial charge < -0.3 is 14.8 Å². The summed E-state index contributed by atoms with van der Waals surface area (Å²) in [5, 5.41) is 13.9. The van der Waals surface area contributed by atoms with Gasteiger partial charge in [-0.25, -0.2) is 0 Å².